The van der Waals surface area contributed by atoms with Gasteiger partial charge in [-0.3, -0.25) is 14.2 Å². The van der Waals surface area contributed by atoms with E-state index in [1.165, 1.54) is 16.5 Å². The summed E-state index contributed by atoms with van der Waals surface area (Å²) in [5.41, 5.74) is 2.50. The van der Waals surface area contributed by atoms with Gasteiger partial charge in [-0.25, -0.2) is 4.98 Å². The van der Waals surface area contributed by atoms with Gasteiger partial charge in [-0.15, -0.1) is 0 Å². The van der Waals surface area contributed by atoms with Crippen molar-refractivity contribution < 1.29 is 4.79 Å². The number of rotatable bonds is 4. The number of carbonyl (C=O) groups is 1. The standard InChI is InChI=1S/C19H18ClN3O2/c1-13-3-5-14(6-4-13)10-22(2)18(24)11-23-12-21-17-8-7-15(20)9-16(17)19(23)25/h3-9,12H,10-11H2,1-2H3. The first-order chi connectivity index (χ1) is 11.9. The molecular weight excluding hydrogens is 338 g/mol. The Morgan fingerprint density at radius 3 is 2.64 bits per heavy atom. The highest BCUT2D eigenvalue weighted by atomic mass is 35.5. The van der Waals surface area contributed by atoms with Crippen LogP contribution in [0.25, 0.3) is 10.9 Å². The van der Waals surface area contributed by atoms with Gasteiger partial charge in [-0.05, 0) is 30.7 Å². The molecular formula is C19H18ClN3O2. The number of hydrogen-bond donors (Lipinski definition) is 0. The fourth-order valence-electron chi connectivity index (χ4n) is 2.57. The molecule has 0 aliphatic heterocycles. The molecule has 25 heavy (non-hydrogen) atoms. The van der Waals surface area contributed by atoms with Gasteiger partial charge >= 0.3 is 0 Å². The Hall–Kier alpha value is -2.66. The molecule has 0 saturated heterocycles. The van der Waals surface area contributed by atoms with Gasteiger partial charge in [-0.2, -0.15) is 0 Å². The van der Waals surface area contributed by atoms with E-state index in [4.69, 9.17) is 11.6 Å². The second kappa shape index (κ2) is 7.07. The monoisotopic (exact) mass is 355 g/mol. The second-order valence-electron chi connectivity index (χ2n) is 6.07. The SMILES string of the molecule is Cc1ccc(CN(C)C(=O)Cn2cnc3ccc(Cl)cc3c2=O)cc1. The van der Waals surface area contributed by atoms with E-state index in [-0.39, 0.29) is 18.0 Å². The highest BCUT2D eigenvalue weighted by Crippen LogP contribution is 2.14. The van der Waals surface area contributed by atoms with Crippen molar-refractivity contribution >= 4 is 28.4 Å². The van der Waals surface area contributed by atoms with Gasteiger partial charge < -0.3 is 4.90 Å². The predicted octanol–water partition coefficient (Wildman–Crippen LogP) is 3.02. The van der Waals surface area contributed by atoms with Gasteiger partial charge in [0.2, 0.25) is 5.91 Å². The van der Waals surface area contributed by atoms with Crippen LogP contribution in [0.15, 0.2) is 53.6 Å². The third-order valence-corrected chi connectivity index (χ3v) is 4.29. The Bertz CT molecular complexity index is 980. The molecule has 0 saturated carbocycles. The normalized spacial score (nSPS) is 10.8. The molecule has 2 aromatic carbocycles. The average Bonchev–Trinajstić information content (AvgIpc) is 2.59. The summed E-state index contributed by atoms with van der Waals surface area (Å²) in [7, 11) is 1.72. The first-order valence-corrected chi connectivity index (χ1v) is 8.26. The van der Waals surface area contributed by atoms with E-state index >= 15 is 0 Å². The van der Waals surface area contributed by atoms with Crippen LogP contribution in [0.1, 0.15) is 11.1 Å². The molecule has 0 aliphatic rings. The summed E-state index contributed by atoms with van der Waals surface area (Å²) in [6.07, 6.45) is 1.40. The number of fused-ring (bicyclic) bond motifs is 1. The van der Waals surface area contributed by atoms with Crippen molar-refractivity contribution in [3.05, 3.63) is 75.3 Å². The first-order valence-electron chi connectivity index (χ1n) is 7.88. The summed E-state index contributed by atoms with van der Waals surface area (Å²) in [5, 5.41) is 0.871. The molecule has 0 aliphatic carbocycles. The molecule has 3 rings (SSSR count). The molecule has 0 N–H and O–H groups in total. The molecule has 0 bridgehead atoms. The summed E-state index contributed by atoms with van der Waals surface area (Å²) >= 11 is 5.95. The van der Waals surface area contributed by atoms with Gasteiger partial charge in [0.25, 0.3) is 5.56 Å². The minimum atomic E-state index is -0.274. The molecule has 0 atom stereocenters. The van der Waals surface area contributed by atoms with Crippen LogP contribution in [0.5, 0.6) is 0 Å². The summed E-state index contributed by atoms with van der Waals surface area (Å²) in [6, 6.07) is 12.9. The number of aromatic nitrogens is 2. The smallest absolute Gasteiger partial charge is 0.261 e. The summed E-state index contributed by atoms with van der Waals surface area (Å²) in [4.78, 5) is 30.8. The Labute approximate surface area is 150 Å². The van der Waals surface area contributed by atoms with E-state index < -0.39 is 0 Å². The minimum Gasteiger partial charge on any atom is -0.340 e. The fraction of sp³-hybridized carbons (Fsp3) is 0.211. The van der Waals surface area contributed by atoms with Crippen LogP contribution < -0.4 is 5.56 Å². The maximum atomic E-state index is 12.5. The lowest BCUT2D eigenvalue weighted by atomic mass is 10.1. The van der Waals surface area contributed by atoms with Crippen LogP contribution >= 0.6 is 11.6 Å². The summed E-state index contributed by atoms with van der Waals surface area (Å²) in [5.74, 6) is -0.161. The van der Waals surface area contributed by atoms with Gasteiger partial charge in [0.05, 0.1) is 17.2 Å². The highest BCUT2D eigenvalue weighted by molar-refractivity contribution is 6.31. The number of halogens is 1. The van der Waals surface area contributed by atoms with Gasteiger partial charge in [0, 0.05) is 18.6 Å². The number of carbonyl (C=O) groups excluding carboxylic acids is 1. The van der Waals surface area contributed by atoms with Crippen molar-refractivity contribution in [3.63, 3.8) is 0 Å². The molecule has 1 amide bonds. The lowest BCUT2D eigenvalue weighted by Crippen LogP contribution is -2.33. The van der Waals surface area contributed by atoms with Gasteiger partial charge in [0.15, 0.2) is 0 Å². The molecule has 128 valence electrons. The quantitative estimate of drug-likeness (QED) is 0.723. The average molecular weight is 356 g/mol. The zero-order valence-electron chi connectivity index (χ0n) is 14.1. The van der Waals surface area contributed by atoms with Crippen LogP contribution in [0, 0.1) is 6.92 Å². The zero-order chi connectivity index (χ0) is 18.0. The van der Waals surface area contributed by atoms with E-state index in [2.05, 4.69) is 4.98 Å². The lowest BCUT2D eigenvalue weighted by Gasteiger charge is -2.18. The number of aryl methyl sites for hydroxylation is 1. The van der Waals surface area contributed by atoms with E-state index in [9.17, 15) is 9.59 Å². The number of benzene rings is 2. The zero-order valence-corrected chi connectivity index (χ0v) is 14.8. The summed E-state index contributed by atoms with van der Waals surface area (Å²) < 4.78 is 1.31. The third kappa shape index (κ3) is 3.88. The lowest BCUT2D eigenvalue weighted by molar-refractivity contribution is -0.131. The molecule has 3 aromatic rings. The van der Waals surface area contributed by atoms with Crippen LogP contribution in [0.3, 0.4) is 0 Å². The largest absolute Gasteiger partial charge is 0.340 e. The minimum absolute atomic E-state index is 0.0589. The van der Waals surface area contributed by atoms with Crippen molar-refractivity contribution in [1.29, 1.82) is 0 Å². The van der Waals surface area contributed by atoms with Crippen molar-refractivity contribution in [3.8, 4) is 0 Å². The maximum Gasteiger partial charge on any atom is 0.261 e. The van der Waals surface area contributed by atoms with E-state index in [0.717, 1.165) is 5.56 Å². The Morgan fingerprint density at radius 2 is 1.92 bits per heavy atom. The molecule has 0 unspecified atom stereocenters. The Kier molecular flexibility index (Phi) is 4.86. The molecule has 6 heteroatoms. The second-order valence-corrected chi connectivity index (χ2v) is 6.51. The molecule has 5 nitrogen and oxygen atoms in total. The van der Waals surface area contributed by atoms with Gasteiger partial charge in [-0.1, -0.05) is 41.4 Å². The molecule has 0 fully saturated rings. The first kappa shape index (κ1) is 17.2. The summed E-state index contributed by atoms with van der Waals surface area (Å²) in [6.45, 7) is 2.45. The number of amides is 1. The van der Waals surface area contributed by atoms with Crippen LogP contribution in [-0.2, 0) is 17.9 Å². The van der Waals surface area contributed by atoms with E-state index in [1.807, 2.05) is 31.2 Å². The van der Waals surface area contributed by atoms with Gasteiger partial charge in [0.1, 0.15) is 6.54 Å². The number of likely N-dealkylation sites (N-methyl/N-ethyl adjacent to an activating group) is 1. The highest BCUT2D eigenvalue weighted by Gasteiger charge is 2.13. The number of hydrogen-bond acceptors (Lipinski definition) is 3. The molecule has 1 aromatic heterocycles. The maximum absolute atomic E-state index is 12.5. The van der Waals surface area contributed by atoms with Crippen LogP contribution in [-0.4, -0.2) is 27.4 Å². The van der Waals surface area contributed by atoms with Crippen LogP contribution in [0.4, 0.5) is 0 Å². The van der Waals surface area contributed by atoms with E-state index in [1.54, 1.807) is 30.1 Å². The third-order valence-electron chi connectivity index (χ3n) is 4.06. The van der Waals surface area contributed by atoms with Crippen molar-refractivity contribution in [2.24, 2.45) is 0 Å². The molecule has 0 spiro atoms. The number of nitrogens with zero attached hydrogens (tertiary/aromatic N) is 3. The molecule has 1 heterocycles. The van der Waals surface area contributed by atoms with Crippen molar-refractivity contribution in [1.82, 2.24) is 14.5 Å². The van der Waals surface area contributed by atoms with Crippen molar-refractivity contribution in [2.45, 2.75) is 20.0 Å². The Balaban J connectivity index is 1.78. The van der Waals surface area contributed by atoms with Crippen LogP contribution in [0.2, 0.25) is 5.02 Å². The fourth-order valence-corrected chi connectivity index (χ4v) is 2.74. The van der Waals surface area contributed by atoms with Crippen molar-refractivity contribution in [2.75, 3.05) is 7.05 Å². The molecule has 0 radical (unpaired) electrons. The Morgan fingerprint density at radius 1 is 1.20 bits per heavy atom. The predicted molar refractivity (Wildman–Crippen MR) is 98.7 cm³/mol. The van der Waals surface area contributed by atoms with E-state index in [0.29, 0.717) is 22.5 Å². The topological polar surface area (TPSA) is 55.2 Å².